The number of allylic oxidation sites excluding steroid dienone is 2. The smallest absolute Gasteiger partial charge is 0.312 e. The number of ketones is 2. The molecule has 9 atom stereocenters. The van der Waals surface area contributed by atoms with Crippen LogP contribution < -0.4 is 0 Å². The molecule has 0 aromatic carbocycles. The van der Waals surface area contributed by atoms with Crippen molar-refractivity contribution in [1.82, 2.24) is 0 Å². The second-order valence-electron chi connectivity index (χ2n) is 14.4. The van der Waals surface area contributed by atoms with Gasteiger partial charge in [-0.25, -0.2) is 0 Å². The maximum absolute atomic E-state index is 14.3. The predicted octanol–water partition coefficient (Wildman–Crippen LogP) is 6.57. The number of methoxy groups -OCH3 is 1. The Morgan fingerprint density at radius 1 is 0.943 bits per heavy atom. The van der Waals surface area contributed by atoms with Crippen molar-refractivity contribution in [2.45, 2.75) is 99.8 Å². The van der Waals surface area contributed by atoms with Crippen molar-refractivity contribution in [1.29, 1.82) is 0 Å². The lowest BCUT2D eigenvalue weighted by molar-refractivity contribution is -0.193. The first kappa shape index (κ1) is 25.2. The number of hydrogen-bond donors (Lipinski definition) is 0. The lowest BCUT2D eigenvalue weighted by Crippen LogP contribution is -2.67. The largest absolute Gasteiger partial charge is 0.469 e. The lowest BCUT2D eigenvalue weighted by atomic mass is 9.33. The van der Waals surface area contributed by atoms with Gasteiger partial charge in [-0.1, -0.05) is 54.0 Å². The molecule has 194 valence electrons. The van der Waals surface area contributed by atoms with E-state index in [1.165, 1.54) is 12.7 Å². The van der Waals surface area contributed by atoms with Gasteiger partial charge in [0.1, 0.15) is 5.78 Å². The van der Waals surface area contributed by atoms with Crippen LogP contribution >= 0.6 is 0 Å². The fourth-order valence-corrected chi connectivity index (χ4v) is 10.7. The summed E-state index contributed by atoms with van der Waals surface area (Å²) in [5.74, 6) is 1.62. The molecule has 0 heterocycles. The molecule has 0 aromatic rings. The summed E-state index contributed by atoms with van der Waals surface area (Å²) in [7, 11) is 1.52. The second kappa shape index (κ2) is 7.54. The van der Waals surface area contributed by atoms with Crippen molar-refractivity contribution in [2.75, 3.05) is 7.11 Å². The van der Waals surface area contributed by atoms with Crippen LogP contribution in [0.25, 0.3) is 0 Å². The zero-order valence-electron chi connectivity index (χ0n) is 23.3. The maximum Gasteiger partial charge on any atom is 0.312 e. The number of rotatable bonds is 1. The quantitative estimate of drug-likeness (QED) is 0.397. The van der Waals surface area contributed by atoms with Crippen molar-refractivity contribution in [3.05, 3.63) is 11.6 Å². The third-order valence-electron chi connectivity index (χ3n) is 13.1. The summed E-state index contributed by atoms with van der Waals surface area (Å²) in [6.07, 6.45) is 9.03. The van der Waals surface area contributed by atoms with E-state index < -0.39 is 5.41 Å². The van der Waals surface area contributed by atoms with Gasteiger partial charge in [0.05, 0.1) is 12.5 Å². The van der Waals surface area contributed by atoms with Crippen LogP contribution in [0.4, 0.5) is 0 Å². The molecule has 5 aliphatic rings. The van der Waals surface area contributed by atoms with Gasteiger partial charge in [0.25, 0.3) is 0 Å². The van der Waals surface area contributed by atoms with Crippen LogP contribution in [0, 0.1) is 56.7 Å². The first-order chi connectivity index (χ1) is 16.2. The van der Waals surface area contributed by atoms with Gasteiger partial charge in [0.15, 0.2) is 5.78 Å². The first-order valence-electron chi connectivity index (χ1n) is 14.1. The third-order valence-corrected chi connectivity index (χ3v) is 13.1. The zero-order chi connectivity index (χ0) is 25.8. The number of ether oxygens (including phenoxy) is 1. The molecule has 5 aliphatic carbocycles. The van der Waals surface area contributed by atoms with E-state index in [0.29, 0.717) is 24.0 Å². The Kier molecular flexibility index (Phi) is 5.43. The Hall–Kier alpha value is -1.45. The molecule has 4 nitrogen and oxygen atoms in total. The van der Waals surface area contributed by atoms with Crippen molar-refractivity contribution < 1.29 is 19.1 Å². The molecular formula is C31H46O4. The highest BCUT2D eigenvalue weighted by Crippen LogP contribution is 2.75. The van der Waals surface area contributed by atoms with E-state index in [2.05, 4.69) is 48.5 Å². The van der Waals surface area contributed by atoms with Gasteiger partial charge in [-0.3, -0.25) is 14.4 Å². The topological polar surface area (TPSA) is 60.4 Å². The SMILES string of the molecule is COC(=O)C12CCC(C)C(C)C1C1=CC(=O)C3C4(C)CCC(=O)C(C)(C)C4CCC3(C)C1(C)CC2. The molecule has 0 amide bonds. The van der Waals surface area contributed by atoms with E-state index in [4.69, 9.17) is 4.74 Å². The van der Waals surface area contributed by atoms with E-state index in [1.54, 1.807) is 0 Å². The van der Waals surface area contributed by atoms with Crippen molar-refractivity contribution in [2.24, 2.45) is 56.7 Å². The van der Waals surface area contributed by atoms with E-state index in [0.717, 1.165) is 44.9 Å². The van der Waals surface area contributed by atoms with E-state index in [9.17, 15) is 14.4 Å². The second-order valence-corrected chi connectivity index (χ2v) is 14.4. The van der Waals surface area contributed by atoms with E-state index in [-0.39, 0.29) is 51.2 Å². The molecule has 0 radical (unpaired) electrons. The molecule has 0 aliphatic heterocycles. The van der Waals surface area contributed by atoms with Gasteiger partial charge in [-0.05, 0) is 90.9 Å². The van der Waals surface area contributed by atoms with Gasteiger partial charge in [0.2, 0.25) is 0 Å². The Morgan fingerprint density at radius 3 is 2.29 bits per heavy atom. The maximum atomic E-state index is 14.3. The van der Waals surface area contributed by atoms with Crippen LogP contribution in [-0.4, -0.2) is 24.6 Å². The highest BCUT2D eigenvalue weighted by atomic mass is 16.5. The number of Topliss-reactive ketones (excluding diaryl/α,β-unsaturated/α-hetero) is 1. The van der Waals surface area contributed by atoms with Crippen molar-refractivity contribution in [3.8, 4) is 0 Å². The van der Waals surface area contributed by atoms with Gasteiger partial charge in [-0.2, -0.15) is 0 Å². The Balaban J connectivity index is 1.67. The van der Waals surface area contributed by atoms with Gasteiger partial charge >= 0.3 is 5.97 Å². The molecule has 0 N–H and O–H groups in total. The molecule has 0 bridgehead atoms. The summed E-state index contributed by atoms with van der Waals surface area (Å²) >= 11 is 0. The Morgan fingerprint density at radius 2 is 1.63 bits per heavy atom. The zero-order valence-corrected chi connectivity index (χ0v) is 23.3. The average molecular weight is 483 g/mol. The molecule has 0 saturated heterocycles. The summed E-state index contributed by atoms with van der Waals surface area (Å²) < 4.78 is 5.44. The highest BCUT2D eigenvalue weighted by Gasteiger charge is 2.71. The normalized spacial score (nSPS) is 50.7. The van der Waals surface area contributed by atoms with E-state index in [1.807, 2.05) is 6.08 Å². The fourth-order valence-electron chi connectivity index (χ4n) is 10.7. The summed E-state index contributed by atoms with van der Waals surface area (Å²) in [5, 5.41) is 0. The minimum atomic E-state index is -0.504. The van der Waals surface area contributed by atoms with Gasteiger partial charge in [0, 0.05) is 17.8 Å². The standard InChI is InChI=1S/C31H46O4/c1-18-9-14-31(26(34)35-8)16-15-29(6)20(24(31)19(18)2)17-21(32)25-28(5)12-11-23(33)27(3,4)22(28)10-13-30(25,29)7/h17-19,22,24-25H,9-16H2,1-8H3. The van der Waals surface area contributed by atoms with Gasteiger partial charge in [-0.15, -0.1) is 0 Å². The molecule has 35 heavy (non-hydrogen) atoms. The number of carbonyl (C=O) groups is 3. The van der Waals surface area contributed by atoms with Crippen molar-refractivity contribution >= 4 is 17.5 Å². The molecule has 0 aromatic heterocycles. The number of carbonyl (C=O) groups excluding carboxylic acids is 3. The van der Waals surface area contributed by atoms with Crippen LogP contribution in [0.5, 0.6) is 0 Å². The van der Waals surface area contributed by atoms with Crippen LogP contribution in [0.1, 0.15) is 99.8 Å². The number of esters is 1. The van der Waals surface area contributed by atoms with Gasteiger partial charge < -0.3 is 4.74 Å². The third kappa shape index (κ3) is 2.89. The van der Waals surface area contributed by atoms with Crippen LogP contribution in [0.3, 0.4) is 0 Å². The average Bonchev–Trinajstić information content (AvgIpc) is 2.79. The number of hydrogen-bond acceptors (Lipinski definition) is 4. The van der Waals surface area contributed by atoms with Crippen molar-refractivity contribution in [3.63, 3.8) is 0 Å². The lowest BCUT2D eigenvalue weighted by Gasteiger charge is -2.70. The molecular weight excluding hydrogens is 436 g/mol. The molecule has 5 rings (SSSR count). The molecule has 9 unspecified atom stereocenters. The monoisotopic (exact) mass is 482 g/mol. The molecule has 0 spiro atoms. The molecule has 4 fully saturated rings. The Bertz CT molecular complexity index is 1010. The first-order valence-corrected chi connectivity index (χ1v) is 14.1. The molecule has 4 heteroatoms. The fraction of sp³-hybridized carbons (Fsp3) is 0.839. The summed E-state index contributed by atoms with van der Waals surface area (Å²) in [6.45, 7) is 16.0. The predicted molar refractivity (Wildman–Crippen MR) is 136 cm³/mol. The molecule has 4 saturated carbocycles. The summed E-state index contributed by atoms with van der Waals surface area (Å²) in [6, 6.07) is 0. The van der Waals surface area contributed by atoms with Crippen LogP contribution in [-0.2, 0) is 19.1 Å². The Labute approximate surface area is 212 Å². The van der Waals surface area contributed by atoms with E-state index >= 15 is 0 Å². The van der Waals surface area contributed by atoms with Crippen LogP contribution in [0.2, 0.25) is 0 Å². The minimum Gasteiger partial charge on any atom is -0.469 e. The summed E-state index contributed by atoms with van der Waals surface area (Å²) in [5.41, 5.74) is -0.105. The van der Waals surface area contributed by atoms with Crippen LogP contribution in [0.15, 0.2) is 11.6 Å². The highest BCUT2D eigenvalue weighted by molar-refractivity contribution is 5.96. The number of fused-ring (bicyclic) bond motifs is 7. The minimum absolute atomic E-state index is 0.0640. The summed E-state index contributed by atoms with van der Waals surface area (Å²) in [4.78, 5) is 40.6.